The first-order valence-corrected chi connectivity index (χ1v) is 13.5. The van der Waals surface area contributed by atoms with Crippen molar-refractivity contribution in [3.05, 3.63) is 95.1 Å². The van der Waals surface area contributed by atoms with Gasteiger partial charge in [0.1, 0.15) is 44.9 Å². The molecule has 0 saturated heterocycles. The van der Waals surface area contributed by atoms with Gasteiger partial charge in [0, 0.05) is 17.5 Å². The number of nitrogens with zero attached hydrogens (tertiary/aromatic N) is 6. The molecule has 0 saturated carbocycles. The smallest absolute Gasteiger partial charge is 0.146 e. The summed E-state index contributed by atoms with van der Waals surface area (Å²) >= 11 is 0. The third kappa shape index (κ3) is 5.34. The predicted molar refractivity (Wildman–Crippen MR) is 155 cm³/mol. The standard InChI is InChI=1S/C31H30N6O4/c1-18(38)11-20-13-22(30(40)28(15-20)36-32-24-7-3-4-8-25(24)33-36)17-23-14-21(12-19(2)39)16-29(31(23)41)37-34-26-9-5-6-10-27(26)35-37/h3-10,13-16,18-19,38-41H,11-12,17H2,1-2H3. The van der Waals surface area contributed by atoms with Crippen molar-refractivity contribution < 1.29 is 20.4 Å². The maximum absolute atomic E-state index is 11.5. The zero-order chi connectivity index (χ0) is 28.7. The fraction of sp³-hybridized carbons (Fsp3) is 0.226. The van der Waals surface area contributed by atoms with E-state index in [0.717, 1.165) is 11.1 Å². The minimum atomic E-state index is -0.612. The van der Waals surface area contributed by atoms with Gasteiger partial charge in [-0.25, -0.2) is 0 Å². The lowest BCUT2D eigenvalue weighted by Crippen LogP contribution is -2.09. The lowest BCUT2D eigenvalue weighted by molar-refractivity contribution is 0.195. The van der Waals surface area contributed by atoms with E-state index in [9.17, 15) is 20.4 Å². The number of aliphatic hydroxyl groups is 2. The summed E-state index contributed by atoms with van der Waals surface area (Å²) in [4.78, 5) is 2.78. The Morgan fingerprint density at radius 1 is 0.585 bits per heavy atom. The third-order valence-corrected chi connectivity index (χ3v) is 6.90. The highest BCUT2D eigenvalue weighted by Gasteiger charge is 2.20. The van der Waals surface area contributed by atoms with Crippen LogP contribution >= 0.6 is 0 Å². The van der Waals surface area contributed by atoms with Crippen LogP contribution in [0.5, 0.6) is 11.5 Å². The van der Waals surface area contributed by atoms with Crippen molar-refractivity contribution >= 4 is 22.1 Å². The summed E-state index contributed by atoms with van der Waals surface area (Å²) in [6.45, 7) is 3.40. The van der Waals surface area contributed by atoms with E-state index in [1.165, 1.54) is 9.59 Å². The molecule has 2 aromatic heterocycles. The molecule has 4 aromatic carbocycles. The molecule has 41 heavy (non-hydrogen) atoms. The SMILES string of the molecule is CC(O)Cc1cc(Cc2cc(CC(C)O)cc(-n3nc4ccccc4n3)c2O)c(O)c(-n2nc3ccccc3n2)c1. The Morgan fingerprint density at radius 3 is 1.24 bits per heavy atom. The Bertz CT molecular complexity index is 1670. The van der Waals surface area contributed by atoms with Gasteiger partial charge >= 0.3 is 0 Å². The zero-order valence-electron chi connectivity index (χ0n) is 22.7. The van der Waals surface area contributed by atoms with Crippen LogP contribution in [0.2, 0.25) is 0 Å². The molecule has 2 heterocycles. The fourth-order valence-corrected chi connectivity index (χ4v) is 5.12. The summed E-state index contributed by atoms with van der Waals surface area (Å²) in [6, 6.07) is 22.0. The Hall–Kier alpha value is -4.80. The van der Waals surface area contributed by atoms with Crippen molar-refractivity contribution in [3.8, 4) is 22.9 Å². The van der Waals surface area contributed by atoms with Crippen molar-refractivity contribution in [2.75, 3.05) is 0 Å². The molecule has 0 radical (unpaired) electrons. The highest BCUT2D eigenvalue weighted by molar-refractivity contribution is 5.74. The quantitative estimate of drug-likeness (QED) is 0.223. The lowest BCUT2D eigenvalue weighted by atomic mass is 9.95. The van der Waals surface area contributed by atoms with Crippen LogP contribution in [0.15, 0.2) is 72.8 Å². The number of phenols is 2. The van der Waals surface area contributed by atoms with Gasteiger partial charge in [0.2, 0.25) is 0 Å². The Balaban J connectivity index is 1.48. The van der Waals surface area contributed by atoms with Crippen LogP contribution in [0.4, 0.5) is 0 Å². The van der Waals surface area contributed by atoms with Crippen LogP contribution in [-0.2, 0) is 19.3 Å². The normalized spacial score (nSPS) is 13.2. The van der Waals surface area contributed by atoms with Gasteiger partial charge in [-0.05, 0) is 74.2 Å². The largest absolute Gasteiger partial charge is 0.505 e. The minimum absolute atomic E-state index is 0.0375. The predicted octanol–water partition coefficient (Wildman–Crippen LogP) is 4.00. The first-order valence-electron chi connectivity index (χ1n) is 13.5. The van der Waals surface area contributed by atoms with Crippen molar-refractivity contribution in [2.45, 2.75) is 45.3 Å². The van der Waals surface area contributed by atoms with Crippen molar-refractivity contribution in [2.24, 2.45) is 0 Å². The number of aromatic hydroxyl groups is 2. The molecule has 6 aromatic rings. The highest BCUT2D eigenvalue weighted by atomic mass is 16.3. The second-order valence-corrected chi connectivity index (χ2v) is 10.5. The Kier molecular flexibility index (Phi) is 6.86. The monoisotopic (exact) mass is 550 g/mol. The number of aromatic nitrogens is 6. The van der Waals surface area contributed by atoms with E-state index in [-0.39, 0.29) is 17.9 Å². The summed E-state index contributed by atoms with van der Waals surface area (Å²) in [5, 5.41) is 61.3. The summed E-state index contributed by atoms with van der Waals surface area (Å²) in [7, 11) is 0. The van der Waals surface area contributed by atoms with E-state index in [4.69, 9.17) is 0 Å². The lowest BCUT2D eigenvalue weighted by Gasteiger charge is -2.16. The highest BCUT2D eigenvalue weighted by Crippen LogP contribution is 2.35. The molecule has 0 fully saturated rings. The number of hydrogen-bond acceptors (Lipinski definition) is 8. The number of fused-ring (bicyclic) bond motifs is 2. The van der Waals surface area contributed by atoms with Crippen LogP contribution in [0.1, 0.15) is 36.1 Å². The first kappa shape index (κ1) is 26.4. The van der Waals surface area contributed by atoms with E-state index >= 15 is 0 Å². The summed E-state index contributed by atoms with van der Waals surface area (Å²) in [5.74, 6) is -0.0750. The summed E-state index contributed by atoms with van der Waals surface area (Å²) in [6.07, 6.45) is -0.368. The maximum atomic E-state index is 11.5. The van der Waals surface area contributed by atoms with Crippen LogP contribution in [-0.4, -0.2) is 62.6 Å². The number of rotatable bonds is 8. The van der Waals surface area contributed by atoms with Crippen LogP contribution in [0, 0.1) is 0 Å². The molecule has 0 bridgehead atoms. The van der Waals surface area contributed by atoms with Gasteiger partial charge in [0.15, 0.2) is 0 Å². The molecule has 0 aliphatic carbocycles. The fourth-order valence-electron chi connectivity index (χ4n) is 5.12. The number of hydrogen-bond donors (Lipinski definition) is 4. The molecule has 0 aliphatic heterocycles. The van der Waals surface area contributed by atoms with Gasteiger partial charge in [-0.3, -0.25) is 0 Å². The molecule has 0 spiro atoms. The van der Waals surface area contributed by atoms with Gasteiger partial charge in [-0.2, -0.15) is 0 Å². The first-order chi connectivity index (χ1) is 19.7. The van der Waals surface area contributed by atoms with Crippen LogP contribution < -0.4 is 0 Å². The molecule has 208 valence electrons. The topological polar surface area (TPSA) is 142 Å². The molecule has 10 heteroatoms. The van der Waals surface area contributed by atoms with E-state index in [1.54, 1.807) is 26.0 Å². The second-order valence-electron chi connectivity index (χ2n) is 10.5. The van der Waals surface area contributed by atoms with Gasteiger partial charge in [-0.1, -0.05) is 36.4 Å². The van der Waals surface area contributed by atoms with Gasteiger partial charge in [0.25, 0.3) is 0 Å². The molecule has 6 rings (SSSR count). The number of aliphatic hydroxyl groups excluding tert-OH is 2. The second kappa shape index (κ2) is 10.6. The average molecular weight is 551 g/mol. The molecule has 2 atom stereocenters. The molecular weight excluding hydrogens is 520 g/mol. The molecule has 10 nitrogen and oxygen atoms in total. The van der Waals surface area contributed by atoms with Gasteiger partial charge in [0.05, 0.1) is 12.2 Å². The van der Waals surface area contributed by atoms with Crippen molar-refractivity contribution in [1.82, 2.24) is 30.0 Å². The van der Waals surface area contributed by atoms with E-state index in [0.29, 0.717) is 57.4 Å². The maximum Gasteiger partial charge on any atom is 0.146 e. The van der Waals surface area contributed by atoms with Gasteiger partial charge in [-0.15, -0.1) is 30.0 Å². The van der Waals surface area contributed by atoms with Crippen LogP contribution in [0.3, 0.4) is 0 Å². The average Bonchev–Trinajstić information content (AvgIpc) is 3.55. The molecule has 2 unspecified atom stereocenters. The summed E-state index contributed by atoms with van der Waals surface area (Å²) in [5.41, 5.74) is 6.07. The molecule has 0 aliphatic rings. The number of benzene rings is 4. The van der Waals surface area contributed by atoms with Crippen molar-refractivity contribution in [3.63, 3.8) is 0 Å². The molecule has 4 N–H and O–H groups in total. The Labute approximate surface area is 235 Å². The third-order valence-electron chi connectivity index (χ3n) is 6.90. The van der Waals surface area contributed by atoms with Crippen LogP contribution in [0.25, 0.3) is 33.4 Å². The van der Waals surface area contributed by atoms with E-state index in [1.807, 2.05) is 60.7 Å². The van der Waals surface area contributed by atoms with E-state index in [2.05, 4.69) is 20.4 Å². The number of phenolic OH excluding ortho intramolecular Hbond substituents is 2. The van der Waals surface area contributed by atoms with Crippen molar-refractivity contribution in [1.29, 1.82) is 0 Å². The van der Waals surface area contributed by atoms with E-state index < -0.39 is 12.2 Å². The summed E-state index contributed by atoms with van der Waals surface area (Å²) < 4.78 is 0. The zero-order valence-corrected chi connectivity index (χ0v) is 22.7. The minimum Gasteiger partial charge on any atom is -0.505 e. The Morgan fingerprint density at radius 2 is 0.927 bits per heavy atom. The van der Waals surface area contributed by atoms with Gasteiger partial charge < -0.3 is 20.4 Å². The molecule has 0 amide bonds. The molecular formula is C31H30N6O4.